The Labute approximate surface area is 174 Å². The Hall–Kier alpha value is -2.99. The first-order valence-electron chi connectivity index (χ1n) is 9.65. The number of nitriles is 1. The molecule has 0 aromatic carbocycles. The number of nitrogens with one attached hydrogen (secondary N) is 2. The van der Waals surface area contributed by atoms with Gasteiger partial charge in [-0.3, -0.25) is 4.79 Å². The minimum atomic E-state index is 0.161. The summed E-state index contributed by atoms with van der Waals surface area (Å²) in [5, 5.41) is 28.3. The number of carbonyl (C=O) groups is 1. The van der Waals surface area contributed by atoms with Crippen LogP contribution in [0.4, 0.5) is 5.95 Å². The number of aromatic nitrogens is 2. The number of hydrogen-bond donors (Lipinski definition) is 3. The molecule has 0 saturated carbocycles. The molecule has 2 aliphatic rings. The van der Waals surface area contributed by atoms with Crippen molar-refractivity contribution in [3.8, 4) is 6.07 Å². The number of carbonyl (C=O) groups excluding carboxylic acids is 1. The molecule has 3 rings (SSSR count). The Kier molecular flexibility index (Phi) is 7.14. The number of hydrogen-bond acceptors (Lipinski definition) is 8. The molecule has 0 bridgehead atoms. The largest absolute Gasteiger partial charge is 0.506 e. The van der Waals surface area contributed by atoms with Crippen LogP contribution in [-0.4, -0.2) is 45.5 Å². The first kappa shape index (κ1) is 20.7. The van der Waals surface area contributed by atoms with Crippen molar-refractivity contribution >= 4 is 29.2 Å². The molecule has 0 spiro atoms. The first-order valence-corrected chi connectivity index (χ1v) is 10.5. The van der Waals surface area contributed by atoms with E-state index in [0.29, 0.717) is 47.3 Å². The van der Waals surface area contributed by atoms with Crippen LogP contribution >= 0.6 is 11.8 Å². The molecule has 1 amide bonds. The van der Waals surface area contributed by atoms with E-state index in [9.17, 15) is 15.2 Å². The van der Waals surface area contributed by atoms with E-state index in [1.807, 2.05) is 11.8 Å². The zero-order valence-electron chi connectivity index (χ0n) is 16.3. The molecule has 3 heterocycles. The highest BCUT2D eigenvalue weighted by Crippen LogP contribution is 2.32. The number of aliphatic hydroxyl groups is 1. The Bertz CT molecular complexity index is 902. The minimum absolute atomic E-state index is 0.161. The SMILES string of the molecule is CC/C=C(\O)C1=CS/C(=C(/C#N)c2ccnc(NCCCN3CCCC3=O)n2)N1. The lowest BCUT2D eigenvalue weighted by Gasteiger charge is -2.15. The molecule has 9 heteroatoms. The lowest BCUT2D eigenvalue weighted by atomic mass is 10.2. The Morgan fingerprint density at radius 1 is 1.55 bits per heavy atom. The maximum absolute atomic E-state index is 11.6. The Balaban J connectivity index is 1.61. The molecule has 0 aliphatic carbocycles. The second-order valence-corrected chi connectivity index (χ2v) is 7.50. The van der Waals surface area contributed by atoms with Crippen molar-refractivity contribution in [1.29, 1.82) is 5.26 Å². The topological polar surface area (TPSA) is 114 Å². The fourth-order valence-corrected chi connectivity index (χ4v) is 3.92. The summed E-state index contributed by atoms with van der Waals surface area (Å²) in [7, 11) is 0. The highest BCUT2D eigenvalue weighted by atomic mass is 32.2. The van der Waals surface area contributed by atoms with Crippen molar-refractivity contribution in [3.05, 3.63) is 45.9 Å². The summed E-state index contributed by atoms with van der Waals surface area (Å²) >= 11 is 1.34. The maximum Gasteiger partial charge on any atom is 0.223 e. The number of rotatable bonds is 8. The number of nitrogens with zero attached hydrogens (tertiary/aromatic N) is 4. The zero-order chi connectivity index (χ0) is 20.6. The summed E-state index contributed by atoms with van der Waals surface area (Å²) in [4.78, 5) is 22.2. The molecule has 0 radical (unpaired) electrons. The molecule has 152 valence electrons. The molecule has 0 atom stereocenters. The molecule has 2 aliphatic heterocycles. The van der Waals surface area contributed by atoms with Gasteiger partial charge in [0, 0.05) is 37.7 Å². The molecule has 1 fully saturated rings. The average molecular weight is 413 g/mol. The van der Waals surface area contributed by atoms with E-state index in [1.54, 1.807) is 23.7 Å². The van der Waals surface area contributed by atoms with Gasteiger partial charge < -0.3 is 20.6 Å². The number of likely N-dealkylation sites (tertiary alicyclic amines) is 1. The van der Waals surface area contributed by atoms with E-state index in [2.05, 4.69) is 26.7 Å². The van der Waals surface area contributed by atoms with Gasteiger partial charge in [0.2, 0.25) is 11.9 Å². The van der Waals surface area contributed by atoms with Crippen LogP contribution in [0.25, 0.3) is 5.57 Å². The summed E-state index contributed by atoms with van der Waals surface area (Å²) in [6.07, 6.45) is 6.42. The molecule has 8 nitrogen and oxygen atoms in total. The van der Waals surface area contributed by atoms with Crippen LogP contribution in [0.5, 0.6) is 0 Å². The number of amides is 1. The van der Waals surface area contributed by atoms with Crippen molar-refractivity contribution in [1.82, 2.24) is 20.2 Å². The van der Waals surface area contributed by atoms with Crippen molar-refractivity contribution in [2.45, 2.75) is 32.6 Å². The maximum atomic E-state index is 11.6. The fraction of sp³-hybridized carbons (Fsp3) is 0.400. The van der Waals surface area contributed by atoms with Crippen LogP contribution in [-0.2, 0) is 4.79 Å². The normalized spacial score (nSPS) is 18.3. The van der Waals surface area contributed by atoms with Gasteiger partial charge >= 0.3 is 0 Å². The quantitative estimate of drug-likeness (QED) is 0.339. The van der Waals surface area contributed by atoms with Crippen LogP contribution in [0.15, 0.2) is 40.2 Å². The second-order valence-electron chi connectivity index (χ2n) is 6.62. The Morgan fingerprint density at radius 2 is 2.41 bits per heavy atom. The van der Waals surface area contributed by atoms with Gasteiger partial charge in [-0.25, -0.2) is 9.97 Å². The highest BCUT2D eigenvalue weighted by molar-refractivity contribution is 8.06. The summed E-state index contributed by atoms with van der Waals surface area (Å²) in [5.41, 5.74) is 1.46. The van der Waals surface area contributed by atoms with Crippen LogP contribution < -0.4 is 10.6 Å². The van der Waals surface area contributed by atoms with Crippen LogP contribution in [0.2, 0.25) is 0 Å². The third-order valence-electron chi connectivity index (χ3n) is 4.53. The van der Waals surface area contributed by atoms with Gasteiger partial charge in [-0.05, 0) is 31.4 Å². The number of aliphatic hydroxyl groups excluding tert-OH is 1. The Morgan fingerprint density at radius 3 is 3.14 bits per heavy atom. The summed E-state index contributed by atoms with van der Waals surface area (Å²) in [6, 6.07) is 3.87. The van der Waals surface area contributed by atoms with Gasteiger partial charge in [-0.2, -0.15) is 5.26 Å². The number of allylic oxidation sites excluding steroid dienone is 2. The molecule has 29 heavy (non-hydrogen) atoms. The minimum Gasteiger partial charge on any atom is -0.506 e. The highest BCUT2D eigenvalue weighted by Gasteiger charge is 2.20. The van der Waals surface area contributed by atoms with Crippen molar-refractivity contribution < 1.29 is 9.90 Å². The van der Waals surface area contributed by atoms with E-state index in [0.717, 1.165) is 25.9 Å². The van der Waals surface area contributed by atoms with Crippen LogP contribution in [0.3, 0.4) is 0 Å². The second kappa shape index (κ2) is 9.98. The van der Waals surface area contributed by atoms with Crippen LogP contribution in [0, 0.1) is 11.3 Å². The molecular weight excluding hydrogens is 388 g/mol. The number of anilines is 1. The third kappa shape index (κ3) is 5.29. The summed E-state index contributed by atoms with van der Waals surface area (Å²) < 4.78 is 0. The lowest BCUT2D eigenvalue weighted by molar-refractivity contribution is -0.127. The smallest absolute Gasteiger partial charge is 0.223 e. The standard InChI is InChI=1S/C20H24N6O2S/c1-2-5-17(27)16-13-29-19(24-16)14(12-21)15-7-9-23-20(25-15)22-8-4-11-26-10-3-6-18(26)28/h5,7,9,13,24,27H,2-4,6,8,10-11H2,1H3,(H,22,23,25)/b17-5-,19-14-. The van der Waals surface area contributed by atoms with Gasteiger partial charge in [0.05, 0.1) is 16.4 Å². The van der Waals surface area contributed by atoms with Gasteiger partial charge in [-0.15, -0.1) is 0 Å². The molecule has 1 saturated heterocycles. The van der Waals surface area contributed by atoms with Gasteiger partial charge in [-0.1, -0.05) is 18.7 Å². The summed E-state index contributed by atoms with van der Waals surface area (Å²) in [6.45, 7) is 4.14. The van der Waals surface area contributed by atoms with Gasteiger partial charge in [0.25, 0.3) is 0 Å². The van der Waals surface area contributed by atoms with Gasteiger partial charge in [0.15, 0.2) is 0 Å². The van der Waals surface area contributed by atoms with E-state index in [-0.39, 0.29) is 11.7 Å². The zero-order valence-corrected chi connectivity index (χ0v) is 17.1. The third-order valence-corrected chi connectivity index (χ3v) is 5.42. The van der Waals surface area contributed by atoms with Crippen LogP contribution in [0.1, 0.15) is 38.3 Å². The molecule has 1 aromatic heterocycles. The van der Waals surface area contributed by atoms with Crippen molar-refractivity contribution in [3.63, 3.8) is 0 Å². The van der Waals surface area contributed by atoms with E-state index in [4.69, 9.17) is 0 Å². The molecule has 3 N–H and O–H groups in total. The molecule has 1 aromatic rings. The summed E-state index contributed by atoms with van der Waals surface area (Å²) in [5.74, 6) is 0.824. The monoisotopic (exact) mass is 412 g/mol. The number of thioether (sulfide) groups is 1. The van der Waals surface area contributed by atoms with E-state index < -0.39 is 0 Å². The van der Waals surface area contributed by atoms with Gasteiger partial charge in [0.1, 0.15) is 17.4 Å². The predicted octanol–water partition coefficient (Wildman–Crippen LogP) is 3.12. The first-order chi connectivity index (χ1) is 14.1. The van der Waals surface area contributed by atoms with Crippen molar-refractivity contribution in [2.75, 3.05) is 25.0 Å². The van der Waals surface area contributed by atoms with Crippen molar-refractivity contribution in [2.24, 2.45) is 0 Å². The fourth-order valence-electron chi connectivity index (χ4n) is 3.07. The average Bonchev–Trinajstić information content (AvgIpc) is 3.36. The molecule has 0 unspecified atom stereocenters. The van der Waals surface area contributed by atoms with E-state index in [1.165, 1.54) is 11.8 Å². The lowest BCUT2D eigenvalue weighted by Crippen LogP contribution is -2.27. The van der Waals surface area contributed by atoms with E-state index >= 15 is 0 Å². The molecular formula is C20H24N6O2S. The predicted molar refractivity (Wildman–Crippen MR) is 113 cm³/mol.